The van der Waals surface area contributed by atoms with E-state index in [1.54, 1.807) is 18.2 Å². The molecule has 0 atom stereocenters. The van der Waals surface area contributed by atoms with Crippen LogP contribution in [0.1, 0.15) is 36.5 Å². The van der Waals surface area contributed by atoms with Crippen molar-refractivity contribution >= 4 is 28.5 Å². The van der Waals surface area contributed by atoms with Gasteiger partial charge in [-0.15, -0.1) is 0 Å². The Labute approximate surface area is 121 Å². The number of hydrogen-bond acceptors (Lipinski definition) is 2. The molecule has 0 saturated heterocycles. The predicted molar refractivity (Wildman–Crippen MR) is 79.7 cm³/mol. The molecule has 0 aliphatic carbocycles. The normalized spacial score (nSPS) is 10.9. The number of nitrogens with zero attached hydrogens (tertiary/aromatic N) is 1. The first-order valence-corrected chi connectivity index (χ1v) is 7.00. The van der Waals surface area contributed by atoms with Gasteiger partial charge in [-0.1, -0.05) is 49.6 Å². The lowest BCUT2D eigenvalue weighted by atomic mass is 10.1. The smallest absolute Gasteiger partial charge is 0.342 e. The van der Waals surface area contributed by atoms with Crippen LogP contribution in [0.4, 0.5) is 0 Å². The van der Waals surface area contributed by atoms with E-state index in [1.165, 1.54) is 4.57 Å². The molecule has 106 valence electrons. The lowest BCUT2D eigenvalue weighted by Crippen LogP contribution is -2.27. The average molecular weight is 294 g/mol. The second-order valence-electron chi connectivity index (χ2n) is 4.68. The molecule has 4 nitrogen and oxygen atoms in total. The quantitative estimate of drug-likeness (QED) is 0.858. The fourth-order valence-electron chi connectivity index (χ4n) is 2.29. The van der Waals surface area contributed by atoms with Gasteiger partial charge in [0.2, 0.25) is 0 Å². The van der Waals surface area contributed by atoms with Gasteiger partial charge in [-0.3, -0.25) is 4.79 Å². The topological polar surface area (TPSA) is 59.3 Å². The van der Waals surface area contributed by atoms with Crippen LogP contribution in [-0.2, 0) is 6.54 Å². The number of aromatic nitrogens is 1. The van der Waals surface area contributed by atoms with E-state index in [1.807, 2.05) is 6.07 Å². The van der Waals surface area contributed by atoms with E-state index < -0.39 is 11.5 Å². The van der Waals surface area contributed by atoms with Gasteiger partial charge in [0.25, 0.3) is 5.56 Å². The monoisotopic (exact) mass is 293 g/mol. The third-order valence-corrected chi connectivity index (χ3v) is 3.70. The number of aromatic carboxylic acids is 1. The first-order valence-electron chi connectivity index (χ1n) is 6.62. The molecule has 0 spiro atoms. The highest BCUT2D eigenvalue weighted by Crippen LogP contribution is 2.25. The zero-order valence-electron chi connectivity index (χ0n) is 11.2. The minimum Gasteiger partial charge on any atom is -0.477 e. The molecule has 1 N–H and O–H groups in total. The van der Waals surface area contributed by atoms with Crippen molar-refractivity contribution in [2.45, 2.75) is 32.7 Å². The third-order valence-electron chi connectivity index (χ3n) is 3.31. The molecule has 1 aromatic carbocycles. The van der Waals surface area contributed by atoms with Gasteiger partial charge in [-0.25, -0.2) is 4.79 Å². The minimum absolute atomic E-state index is 0.0184. The lowest BCUT2D eigenvalue weighted by Gasteiger charge is -2.13. The summed E-state index contributed by atoms with van der Waals surface area (Å²) in [6.45, 7) is 2.58. The standard InChI is InChI=1S/C15H16ClNO3/c1-2-3-6-9-17-11-8-5-4-7-10(11)13(16)12(14(17)18)15(19)20/h4-5,7-8H,2-3,6,9H2,1H3,(H,19,20). The number of aryl methyl sites for hydroxylation is 1. The SMILES string of the molecule is CCCCCn1c(=O)c(C(=O)O)c(Cl)c2ccccc21. The summed E-state index contributed by atoms with van der Waals surface area (Å²) < 4.78 is 1.51. The third kappa shape index (κ3) is 2.56. The van der Waals surface area contributed by atoms with Crippen LogP contribution in [0.5, 0.6) is 0 Å². The molecule has 5 heteroatoms. The van der Waals surface area contributed by atoms with E-state index in [9.17, 15) is 14.7 Å². The van der Waals surface area contributed by atoms with Crippen LogP contribution < -0.4 is 5.56 Å². The zero-order valence-corrected chi connectivity index (χ0v) is 12.0. The van der Waals surface area contributed by atoms with E-state index in [-0.39, 0.29) is 10.6 Å². The molecule has 0 unspecified atom stereocenters. The Bertz CT molecular complexity index is 706. The number of carboxylic acids is 1. The highest BCUT2D eigenvalue weighted by Gasteiger charge is 2.20. The van der Waals surface area contributed by atoms with Crippen molar-refractivity contribution in [3.63, 3.8) is 0 Å². The number of para-hydroxylation sites is 1. The molecule has 2 rings (SSSR count). The van der Waals surface area contributed by atoms with Gasteiger partial charge in [0.1, 0.15) is 5.56 Å². The van der Waals surface area contributed by atoms with Crippen molar-refractivity contribution in [2.75, 3.05) is 0 Å². The molecule has 20 heavy (non-hydrogen) atoms. The Kier molecular flexibility index (Phi) is 4.45. The van der Waals surface area contributed by atoms with Gasteiger partial charge in [0, 0.05) is 11.9 Å². The van der Waals surface area contributed by atoms with Crippen molar-refractivity contribution in [1.29, 1.82) is 0 Å². The van der Waals surface area contributed by atoms with Crippen LogP contribution in [0.15, 0.2) is 29.1 Å². The largest absolute Gasteiger partial charge is 0.477 e. The van der Waals surface area contributed by atoms with Crippen molar-refractivity contribution < 1.29 is 9.90 Å². The molecule has 0 aliphatic rings. The lowest BCUT2D eigenvalue weighted by molar-refractivity contribution is 0.0694. The Morgan fingerprint density at radius 3 is 2.65 bits per heavy atom. The molecule has 0 aliphatic heterocycles. The zero-order chi connectivity index (χ0) is 14.7. The number of benzene rings is 1. The number of hydrogen-bond donors (Lipinski definition) is 1. The molecule has 0 radical (unpaired) electrons. The predicted octanol–water partition coefficient (Wildman–Crippen LogP) is 3.54. The summed E-state index contributed by atoms with van der Waals surface area (Å²) in [5, 5.41) is 9.82. The maximum atomic E-state index is 12.3. The number of rotatable bonds is 5. The molecular formula is C15H16ClNO3. The highest BCUT2D eigenvalue weighted by atomic mass is 35.5. The first kappa shape index (κ1) is 14.6. The molecule has 0 amide bonds. The van der Waals surface area contributed by atoms with Crippen LogP contribution in [0.3, 0.4) is 0 Å². The molecular weight excluding hydrogens is 278 g/mol. The number of carbonyl (C=O) groups is 1. The Balaban J connectivity index is 2.70. The van der Waals surface area contributed by atoms with E-state index in [4.69, 9.17) is 11.6 Å². The molecule has 0 fully saturated rings. The van der Waals surface area contributed by atoms with Crippen molar-refractivity contribution in [1.82, 2.24) is 4.57 Å². The van der Waals surface area contributed by atoms with E-state index >= 15 is 0 Å². The van der Waals surface area contributed by atoms with Crippen LogP contribution in [0.2, 0.25) is 5.02 Å². The summed E-state index contributed by atoms with van der Waals surface area (Å²) >= 11 is 6.08. The Morgan fingerprint density at radius 2 is 2.00 bits per heavy atom. The average Bonchev–Trinajstić information content (AvgIpc) is 2.42. The van der Waals surface area contributed by atoms with Gasteiger partial charge < -0.3 is 9.67 Å². The first-order chi connectivity index (χ1) is 9.57. The second-order valence-corrected chi connectivity index (χ2v) is 5.05. The van der Waals surface area contributed by atoms with Crippen LogP contribution in [-0.4, -0.2) is 15.6 Å². The van der Waals surface area contributed by atoms with Crippen LogP contribution in [0.25, 0.3) is 10.9 Å². The number of fused-ring (bicyclic) bond motifs is 1. The highest BCUT2D eigenvalue weighted by molar-refractivity contribution is 6.38. The Morgan fingerprint density at radius 1 is 1.30 bits per heavy atom. The number of halogens is 1. The summed E-state index contributed by atoms with van der Waals surface area (Å²) in [4.78, 5) is 23.6. The summed E-state index contributed by atoms with van der Waals surface area (Å²) in [5.74, 6) is -1.28. The number of unbranched alkanes of at least 4 members (excludes halogenated alkanes) is 2. The van der Waals surface area contributed by atoms with Gasteiger partial charge in [-0.05, 0) is 12.5 Å². The fourth-order valence-corrected chi connectivity index (χ4v) is 2.62. The minimum atomic E-state index is -1.28. The summed E-state index contributed by atoms with van der Waals surface area (Å²) in [7, 11) is 0. The van der Waals surface area contributed by atoms with Gasteiger partial charge >= 0.3 is 5.97 Å². The van der Waals surface area contributed by atoms with Crippen LogP contribution in [0, 0.1) is 0 Å². The molecule has 1 heterocycles. The molecule has 2 aromatic rings. The van der Waals surface area contributed by atoms with Gasteiger partial charge in [-0.2, -0.15) is 0 Å². The van der Waals surface area contributed by atoms with E-state index in [0.29, 0.717) is 17.4 Å². The Hall–Kier alpha value is -1.81. The van der Waals surface area contributed by atoms with E-state index in [0.717, 1.165) is 19.3 Å². The number of carboxylic acid groups (broad SMARTS) is 1. The van der Waals surface area contributed by atoms with E-state index in [2.05, 4.69) is 6.92 Å². The second kappa shape index (κ2) is 6.09. The van der Waals surface area contributed by atoms with Crippen molar-refractivity contribution in [3.05, 3.63) is 45.2 Å². The summed E-state index contributed by atoms with van der Waals surface area (Å²) in [6.07, 6.45) is 2.86. The van der Waals surface area contributed by atoms with Crippen molar-refractivity contribution in [3.8, 4) is 0 Å². The maximum absolute atomic E-state index is 12.3. The molecule has 1 aromatic heterocycles. The molecule has 0 saturated carbocycles. The van der Waals surface area contributed by atoms with Gasteiger partial charge in [0.05, 0.1) is 10.5 Å². The fraction of sp³-hybridized carbons (Fsp3) is 0.333. The summed E-state index contributed by atoms with van der Waals surface area (Å²) in [6, 6.07) is 7.12. The van der Waals surface area contributed by atoms with Crippen LogP contribution >= 0.6 is 11.6 Å². The molecule has 0 bridgehead atoms. The van der Waals surface area contributed by atoms with Crippen molar-refractivity contribution in [2.24, 2.45) is 0 Å². The maximum Gasteiger partial charge on any atom is 0.342 e. The number of pyridine rings is 1. The summed E-state index contributed by atoms with van der Waals surface area (Å²) in [5.41, 5.74) is -0.192. The van der Waals surface area contributed by atoms with Gasteiger partial charge in [0.15, 0.2) is 0 Å².